The third kappa shape index (κ3) is 5.76. The molecule has 0 spiro atoms. The Hall–Kier alpha value is -2.70. The Bertz CT molecular complexity index is 1070. The molecule has 2 N–H and O–H groups in total. The van der Waals surface area contributed by atoms with E-state index in [4.69, 9.17) is 0 Å². The van der Waals surface area contributed by atoms with Gasteiger partial charge in [0.2, 0.25) is 10.0 Å². The van der Waals surface area contributed by atoms with Crippen molar-refractivity contribution < 1.29 is 33.1 Å². The zero-order chi connectivity index (χ0) is 26.0. The zero-order valence-corrected chi connectivity index (χ0v) is 21.1. The predicted molar refractivity (Wildman–Crippen MR) is 125 cm³/mol. The molecule has 2 aliphatic heterocycles. The van der Waals surface area contributed by atoms with Crippen molar-refractivity contribution in [3.05, 3.63) is 34.9 Å². The number of nitrogens with one attached hydrogen (secondary N) is 1. The first-order chi connectivity index (χ1) is 16.4. The lowest BCUT2D eigenvalue weighted by atomic mass is 9.79. The first-order valence-corrected chi connectivity index (χ1v) is 13.2. The van der Waals surface area contributed by atoms with E-state index >= 15 is 0 Å². The van der Waals surface area contributed by atoms with Gasteiger partial charge in [-0.3, -0.25) is 14.8 Å². The largest absolute Gasteiger partial charge is 0.530 e. The molecule has 1 aromatic carbocycles. The molecule has 2 fully saturated rings. The SMILES string of the molecule is Cc1cc(C(=O)N(C)C)ccc1C1CCN(S(=O)(=O)CC2(C(=O)NO)CCN(C(=O)[O-])CC2)CC1. The number of hydrogen-bond donors (Lipinski definition) is 2. The second-order valence-corrected chi connectivity index (χ2v) is 11.6. The smallest absolute Gasteiger partial charge is 0.253 e. The van der Waals surface area contributed by atoms with Crippen molar-refractivity contribution in [2.75, 3.05) is 46.0 Å². The Morgan fingerprint density at radius 2 is 1.74 bits per heavy atom. The third-order valence-electron chi connectivity index (χ3n) is 7.23. The van der Waals surface area contributed by atoms with E-state index < -0.39 is 33.2 Å². The van der Waals surface area contributed by atoms with Gasteiger partial charge >= 0.3 is 0 Å². The summed E-state index contributed by atoms with van der Waals surface area (Å²) < 4.78 is 27.9. The van der Waals surface area contributed by atoms with Crippen LogP contribution in [0.15, 0.2) is 18.2 Å². The standard InChI is InChI=1S/C23H34N4O7S/c1-16-14-18(20(28)25(2)3)4-5-19(16)17-6-10-27(11-7-17)35(33,34)15-23(21(29)24-32)8-12-26(13-9-23)22(30)31/h4-5,14,17,32H,6-13,15H2,1-3H3,(H,24,29)(H,30,31)/p-1. The number of likely N-dealkylation sites (tertiary alicyclic amines) is 1. The molecular weight excluding hydrogens is 476 g/mol. The molecule has 3 rings (SSSR count). The number of nitrogens with zero attached hydrogens (tertiary/aromatic N) is 3. The first kappa shape index (κ1) is 26.9. The number of hydrogen-bond acceptors (Lipinski definition) is 7. The summed E-state index contributed by atoms with van der Waals surface area (Å²) in [5.41, 5.74) is 2.83. The lowest BCUT2D eigenvalue weighted by Crippen LogP contribution is -2.56. The Balaban J connectivity index is 1.68. The summed E-state index contributed by atoms with van der Waals surface area (Å²) in [6.07, 6.45) is -0.236. The van der Waals surface area contributed by atoms with Crippen LogP contribution in [0.1, 0.15) is 53.1 Å². The van der Waals surface area contributed by atoms with Crippen LogP contribution in [0.4, 0.5) is 4.79 Å². The molecule has 2 saturated heterocycles. The lowest BCUT2D eigenvalue weighted by Gasteiger charge is -2.42. The van der Waals surface area contributed by atoms with E-state index in [9.17, 15) is 33.1 Å². The quantitative estimate of drug-likeness (QED) is 0.409. The van der Waals surface area contributed by atoms with E-state index in [1.807, 2.05) is 19.1 Å². The van der Waals surface area contributed by atoms with Gasteiger partial charge in [0.1, 0.15) is 6.09 Å². The highest BCUT2D eigenvalue weighted by Gasteiger charge is 2.46. The van der Waals surface area contributed by atoms with Gasteiger partial charge in [0, 0.05) is 45.8 Å². The minimum absolute atomic E-state index is 0.0275. The van der Waals surface area contributed by atoms with Crippen molar-refractivity contribution in [1.82, 2.24) is 19.6 Å². The molecule has 35 heavy (non-hydrogen) atoms. The first-order valence-electron chi connectivity index (χ1n) is 11.6. The third-order valence-corrected chi connectivity index (χ3v) is 9.30. The summed E-state index contributed by atoms with van der Waals surface area (Å²) in [5.74, 6) is -1.26. The maximum atomic E-state index is 13.3. The topological polar surface area (TPSA) is 150 Å². The molecule has 3 amide bonds. The molecular formula is C23H33N4O7S-. The fourth-order valence-electron chi connectivity index (χ4n) is 5.08. The number of carboxylic acid groups (broad SMARTS) is 1. The minimum atomic E-state index is -3.85. The molecule has 0 unspecified atom stereocenters. The van der Waals surface area contributed by atoms with Gasteiger partial charge in [0.25, 0.3) is 11.8 Å². The van der Waals surface area contributed by atoms with E-state index in [-0.39, 0.29) is 50.8 Å². The van der Waals surface area contributed by atoms with Crippen molar-refractivity contribution in [1.29, 1.82) is 0 Å². The summed E-state index contributed by atoms with van der Waals surface area (Å²) >= 11 is 0. The highest BCUT2D eigenvalue weighted by molar-refractivity contribution is 7.89. The van der Waals surface area contributed by atoms with Gasteiger partial charge in [-0.05, 0) is 61.8 Å². The monoisotopic (exact) mass is 509 g/mol. The van der Waals surface area contributed by atoms with Crippen LogP contribution >= 0.6 is 0 Å². The number of piperidine rings is 2. The molecule has 194 valence electrons. The van der Waals surface area contributed by atoms with Crippen LogP contribution in [0.2, 0.25) is 0 Å². The van der Waals surface area contributed by atoms with Crippen molar-refractivity contribution in [2.45, 2.75) is 38.5 Å². The molecule has 0 aliphatic carbocycles. The average molecular weight is 510 g/mol. The van der Waals surface area contributed by atoms with Crippen LogP contribution in [0.25, 0.3) is 0 Å². The predicted octanol–water partition coefficient (Wildman–Crippen LogP) is 0.137. The number of carbonyl (C=O) groups excluding carboxylic acids is 3. The molecule has 12 heteroatoms. The van der Waals surface area contributed by atoms with E-state index in [0.29, 0.717) is 18.4 Å². The fraction of sp³-hybridized carbons (Fsp3) is 0.609. The van der Waals surface area contributed by atoms with Gasteiger partial charge in [0.05, 0.1) is 11.2 Å². The minimum Gasteiger partial charge on any atom is -0.530 e. The molecule has 2 heterocycles. The number of rotatable bonds is 6. The highest BCUT2D eigenvalue weighted by atomic mass is 32.2. The summed E-state index contributed by atoms with van der Waals surface area (Å²) in [6, 6.07) is 5.59. The molecule has 0 atom stereocenters. The van der Waals surface area contributed by atoms with E-state index in [2.05, 4.69) is 0 Å². The Labute approximate surface area is 205 Å². The Kier molecular flexibility index (Phi) is 8.07. The van der Waals surface area contributed by atoms with Crippen LogP contribution < -0.4 is 10.6 Å². The van der Waals surface area contributed by atoms with Gasteiger partial charge in [-0.1, -0.05) is 6.07 Å². The zero-order valence-electron chi connectivity index (χ0n) is 20.3. The molecule has 11 nitrogen and oxygen atoms in total. The van der Waals surface area contributed by atoms with Crippen LogP contribution in [-0.4, -0.2) is 91.7 Å². The number of aryl methyl sites for hydroxylation is 1. The maximum absolute atomic E-state index is 13.3. The average Bonchev–Trinajstić information content (AvgIpc) is 2.83. The second-order valence-electron chi connectivity index (χ2n) is 9.67. The van der Waals surface area contributed by atoms with Gasteiger partial charge in [-0.15, -0.1) is 0 Å². The lowest BCUT2D eigenvalue weighted by molar-refractivity contribution is -0.267. The number of carbonyl (C=O) groups is 3. The van der Waals surface area contributed by atoms with Gasteiger partial charge in [0.15, 0.2) is 0 Å². The van der Waals surface area contributed by atoms with Gasteiger partial charge in [-0.2, -0.15) is 0 Å². The van der Waals surface area contributed by atoms with Crippen molar-refractivity contribution in [3.8, 4) is 0 Å². The van der Waals surface area contributed by atoms with Crippen molar-refractivity contribution >= 4 is 27.9 Å². The molecule has 0 aromatic heterocycles. The van der Waals surface area contributed by atoms with Crippen molar-refractivity contribution in [3.63, 3.8) is 0 Å². The van der Waals surface area contributed by atoms with Gasteiger partial charge in [-0.25, -0.2) is 18.2 Å². The number of hydroxylamine groups is 1. The Morgan fingerprint density at radius 3 is 2.23 bits per heavy atom. The van der Waals surface area contributed by atoms with E-state index in [0.717, 1.165) is 16.0 Å². The van der Waals surface area contributed by atoms with Crippen LogP contribution in [0.3, 0.4) is 0 Å². The molecule has 0 radical (unpaired) electrons. The summed E-state index contributed by atoms with van der Waals surface area (Å²) in [5, 5.41) is 20.3. The maximum Gasteiger partial charge on any atom is 0.253 e. The molecule has 1 aromatic rings. The molecule has 2 aliphatic rings. The normalized spacial score (nSPS) is 19.3. The summed E-state index contributed by atoms with van der Waals surface area (Å²) in [6.45, 7) is 2.43. The number of benzene rings is 1. The highest BCUT2D eigenvalue weighted by Crippen LogP contribution is 2.36. The Morgan fingerprint density at radius 1 is 1.14 bits per heavy atom. The number of amides is 3. The summed E-state index contributed by atoms with van der Waals surface area (Å²) in [7, 11) is -0.453. The van der Waals surface area contributed by atoms with E-state index in [1.165, 1.54) is 9.21 Å². The van der Waals surface area contributed by atoms with Crippen molar-refractivity contribution in [2.24, 2.45) is 5.41 Å². The van der Waals surface area contributed by atoms with Crippen LogP contribution in [0.5, 0.6) is 0 Å². The molecule has 0 saturated carbocycles. The fourth-order valence-corrected chi connectivity index (χ4v) is 7.15. The second kappa shape index (κ2) is 10.5. The summed E-state index contributed by atoms with van der Waals surface area (Å²) in [4.78, 5) is 38.3. The van der Waals surface area contributed by atoms with Crippen LogP contribution in [0, 0.1) is 12.3 Å². The van der Waals surface area contributed by atoms with Crippen LogP contribution in [-0.2, 0) is 14.8 Å². The van der Waals surface area contributed by atoms with E-state index in [1.54, 1.807) is 25.6 Å². The van der Waals surface area contributed by atoms with Gasteiger partial charge < -0.3 is 19.7 Å². The molecule has 0 bridgehead atoms. The number of sulfonamides is 1.